The first kappa shape index (κ1) is 22.6. The van der Waals surface area contributed by atoms with Gasteiger partial charge in [0.15, 0.2) is 11.5 Å². The second kappa shape index (κ2) is 9.90. The first-order chi connectivity index (χ1) is 15.9. The van der Waals surface area contributed by atoms with Crippen molar-refractivity contribution in [2.24, 2.45) is 0 Å². The third kappa shape index (κ3) is 5.43. The summed E-state index contributed by atoms with van der Waals surface area (Å²) < 4.78 is 39.9. The summed E-state index contributed by atoms with van der Waals surface area (Å²) in [6.45, 7) is -2.85. The van der Waals surface area contributed by atoms with Crippen LogP contribution in [0.15, 0.2) is 53.4 Å². The number of ether oxygens (including phenoxy) is 3. The number of benzene rings is 2. The smallest absolute Gasteiger partial charge is 0.387 e. The van der Waals surface area contributed by atoms with Crippen LogP contribution in [0, 0.1) is 0 Å². The predicted octanol–water partition coefficient (Wildman–Crippen LogP) is 3.28. The van der Waals surface area contributed by atoms with Gasteiger partial charge in [0.25, 0.3) is 17.1 Å². The van der Waals surface area contributed by atoms with E-state index in [2.05, 4.69) is 10.1 Å². The number of carbonyl (C=O) groups is 3. The summed E-state index contributed by atoms with van der Waals surface area (Å²) in [7, 11) is 0. The van der Waals surface area contributed by atoms with E-state index in [1.54, 1.807) is 24.3 Å². The SMILES string of the molecule is O=C(NCCN1C(=O)S/C(=C\c2ccc(OC(F)F)cc2)C1=O)[C@H]1COc2ccccc2O1. The van der Waals surface area contributed by atoms with Crippen LogP contribution >= 0.6 is 11.8 Å². The number of nitrogens with one attached hydrogen (secondary N) is 1. The van der Waals surface area contributed by atoms with Gasteiger partial charge in [-0.15, -0.1) is 0 Å². The molecular formula is C22H18F2N2O6S. The van der Waals surface area contributed by atoms with Crippen molar-refractivity contribution < 1.29 is 37.4 Å². The minimum atomic E-state index is -2.93. The van der Waals surface area contributed by atoms with Crippen molar-refractivity contribution in [3.05, 3.63) is 59.0 Å². The second-order valence-electron chi connectivity index (χ2n) is 6.94. The highest BCUT2D eigenvalue weighted by Gasteiger charge is 2.35. The summed E-state index contributed by atoms with van der Waals surface area (Å²) in [4.78, 5) is 38.4. The fraction of sp³-hybridized carbons (Fsp3) is 0.227. The molecule has 1 atom stereocenters. The summed E-state index contributed by atoms with van der Waals surface area (Å²) in [5.41, 5.74) is 0.546. The topological polar surface area (TPSA) is 94.2 Å². The van der Waals surface area contributed by atoms with Gasteiger partial charge in [0.2, 0.25) is 6.10 Å². The van der Waals surface area contributed by atoms with Crippen molar-refractivity contribution in [1.29, 1.82) is 0 Å². The number of amides is 3. The molecular weight excluding hydrogens is 458 g/mol. The molecule has 1 N–H and O–H groups in total. The Bertz CT molecular complexity index is 1090. The minimum Gasteiger partial charge on any atom is -0.485 e. The van der Waals surface area contributed by atoms with Gasteiger partial charge in [0, 0.05) is 13.1 Å². The van der Waals surface area contributed by atoms with Gasteiger partial charge in [-0.25, -0.2) is 0 Å². The molecule has 2 aliphatic heterocycles. The number of carbonyl (C=O) groups excluding carboxylic acids is 3. The highest BCUT2D eigenvalue weighted by molar-refractivity contribution is 8.18. The lowest BCUT2D eigenvalue weighted by molar-refractivity contribution is -0.131. The number of nitrogens with zero attached hydrogens (tertiary/aromatic N) is 1. The van der Waals surface area contributed by atoms with Crippen molar-refractivity contribution in [2.45, 2.75) is 12.7 Å². The molecule has 2 aromatic rings. The van der Waals surface area contributed by atoms with Crippen molar-refractivity contribution in [3.63, 3.8) is 0 Å². The molecule has 2 heterocycles. The highest BCUT2D eigenvalue weighted by atomic mass is 32.2. The Labute approximate surface area is 191 Å². The van der Waals surface area contributed by atoms with E-state index in [-0.39, 0.29) is 30.4 Å². The van der Waals surface area contributed by atoms with E-state index in [0.717, 1.165) is 16.7 Å². The number of alkyl halides is 2. The van der Waals surface area contributed by atoms with Crippen molar-refractivity contribution in [3.8, 4) is 17.2 Å². The largest absolute Gasteiger partial charge is 0.485 e. The van der Waals surface area contributed by atoms with Crippen LogP contribution in [0.1, 0.15) is 5.56 Å². The van der Waals surface area contributed by atoms with Crippen molar-refractivity contribution >= 4 is 34.9 Å². The van der Waals surface area contributed by atoms with Gasteiger partial charge in [-0.05, 0) is 47.7 Å². The summed E-state index contributed by atoms with van der Waals surface area (Å²) >= 11 is 0.761. The Morgan fingerprint density at radius 1 is 1.18 bits per heavy atom. The van der Waals surface area contributed by atoms with Gasteiger partial charge in [0.05, 0.1) is 4.91 Å². The maximum Gasteiger partial charge on any atom is 0.387 e. The summed E-state index contributed by atoms with van der Waals surface area (Å²) in [5, 5.41) is 2.18. The van der Waals surface area contributed by atoms with Crippen molar-refractivity contribution in [2.75, 3.05) is 19.7 Å². The first-order valence-corrected chi connectivity index (χ1v) is 10.7. The van der Waals surface area contributed by atoms with Crippen LogP contribution < -0.4 is 19.5 Å². The van der Waals surface area contributed by atoms with Crippen molar-refractivity contribution in [1.82, 2.24) is 10.2 Å². The fourth-order valence-electron chi connectivity index (χ4n) is 3.14. The van der Waals surface area contributed by atoms with Gasteiger partial charge >= 0.3 is 6.61 Å². The van der Waals surface area contributed by atoms with Gasteiger partial charge in [-0.1, -0.05) is 24.3 Å². The second-order valence-corrected chi connectivity index (χ2v) is 7.93. The number of hydrogen-bond donors (Lipinski definition) is 1. The van der Waals surface area contributed by atoms with Gasteiger partial charge < -0.3 is 19.5 Å². The zero-order chi connectivity index (χ0) is 23.4. The van der Waals surface area contributed by atoms with Crippen LogP contribution in [-0.4, -0.2) is 54.4 Å². The molecule has 2 aromatic carbocycles. The molecule has 0 radical (unpaired) electrons. The van der Waals surface area contributed by atoms with E-state index in [1.165, 1.54) is 30.3 Å². The minimum absolute atomic E-state index is 0.0122. The number of para-hydroxylation sites is 2. The third-order valence-electron chi connectivity index (χ3n) is 4.71. The highest BCUT2D eigenvalue weighted by Crippen LogP contribution is 2.33. The molecule has 0 spiro atoms. The van der Waals surface area contributed by atoms with E-state index in [9.17, 15) is 23.2 Å². The number of halogens is 2. The van der Waals surface area contributed by atoms with Gasteiger partial charge in [-0.3, -0.25) is 19.3 Å². The molecule has 2 aliphatic rings. The lowest BCUT2D eigenvalue weighted by atomic mass is 10.2. The number of fused-ring (bicyclic) bond motifs is 1. The average molecular weight is 476 g/mol. The van der Waals surface area contributed by atoms with Crippen LogP contribution in [0.2, 0.25) is 0 Å². The van der Waals surface area contributed by atoms with Crippen LogP contribution in [0.4, 0.5) is 13.6 Å². The Morgan fingerprint density at radius 2 is 1.91 bits per heavy atom. The van der Waals surface area contributed by atoms with E-state index in [1.807, 2.05) is 0 Å². The molecule has 8 nitrogen and oxygen atoms in total. The van der Waals surface area contributed by atoms with Crippen LogP contribution in [0.5, 0.6) is 17.2 Å². The monoisotopic (exact) mass is 476 g/mol. The Morgan fingerprint density at radius 3 is 2.64 bits per heavy atom. The van der Waals surface area contributed by atoms with Gasteiger partial charge in [-0.2, -0.15) is 8.78 Å². The zero-order valence-corrected chi connectivity index (χ0v) is 17.8. The van der Waals surface area contributed by atoms with E-state index < -0.39 is 29.8 Å². The summed E-state index contributed by atoms with van der Waals surface area (Å²) in [5.74, 6) is 0.0920. The fourth-order valence-corrected chi connectivity index (χ4v) is 4.01. The maximum absolute atomic E-state index is 12.6. The molecule has 4 rings (SSSR count). The molecule has 0 aliphatic carbocycles. The lowest BCUT2D eigenvalue weighted by Gasteiger charge is -2.25. The van der Waals surface area contributed by atoms with E-state index in [4.69, 9.17) is 9.47 Å². The Balaban J connectivity index is 1.29. The number of thioether (sulfide) groups is 1. The summed E-state index contributed by atoms with van der Waals surface area (Å²) in [6, 6.07) is 12.7. The number of hydrogen-bond acceptors (Lipinski definition) is 7. The molecule has 33 heavy (non-hydrogen) atoms. The predicted molar refractivity (Wildman–Crippen MR) is 115 cm³/mol. The maximum atomic E-state index is 12.6. The molecule has 1 fully saturated rings. The van der Waals surface area contributed by atoms with E-state index in [0.29, 0.717) is 17.1 Å². The summed E-state index contributed by atoms with van der Waals surface area (Å²) in [6.07, 6.45) is 0.645. The quantitative estimate of drug-likeness (QED) is 0.613. The standard InChI is InChI=1S/C22H18F2N2O6S/c23-21(24)31-14-7-5-13(6-8-14)11-18-20(28)26(22(29)33-18)10-9-25-19(27)17-12-30-15-3-1-2-4-16(15)32-17/h1-8,11,17,21H,9-10,12H2,(H,25,27)/b18-11-/t17-/m1/s1. The average Bonchev–Trinajstić information content (AvgIpc) is 3.07. The van der Waals surface area contributed by atoms with Crippen LogP contribution in [0.25, 0.3) is 6.08 Å². The molecule has 1 saturated heterocycles. The number of rotatable bonds is 7. The molecule has 0 unspecified atom stereocenters. The Kier molecular flexibility index (Phi) is 6.78. The lowest BCUT2D eigenvalue weighted by Crippen LogP contribution is -2.46. The molecule has 3 amide bonds. The molecule has 0 aromatic heterocycles. The van der Waals surface area contributed by atoms with E-state index >= 15 is 0 Å². The normalized spacial score (nSPS) is 18.7. The van der Waals surface area contributed by atoms with Gasteiger partial charge in [0.1, 0.15) is 12.4 Å². The molecule has 11 heteroatoms. The molecule has 0 bridgehead atoms. The number of imide groups is 1. The van der Waals surface area contributed by atoms with Crippen LogP contribution in [-0.2, 0) is 9.59 Å². The Hall–Kier alpha value is -3.60. The van der Waals surface area contributed by atoms with Crippen LogP contribution in [0.3, 0.4) is 0 Å². The zero-order valence-electron chi connectivity index (χ0n) is 17.0. The molecule has 172 valence electrons. The first-order valence-electron chi connectivity index (χ1n) is 9.87. The molecule has 0 saturated carbocycles. The third-order valence-corrected chi connectivity index (χ3v) is 5.62.